The predicted molar refractivity (Wildman–Crippen MR) is 79.7 cm³/mol. The molecular weight excluding hydrogens is 254 g/mol. The van der Waals surface area contributed by atoms with Gasteiger partial charge in [0.2, 0.25) is 0 Å². The first kappa shape index (κ1) is 14.1. The zero-order valence-electron chi connectivity index (χ0n) is 11.9. The summed E-state index contributed by atoms with van der Waals surface area (Å²) in [7, 11) is 3.24. The van der Waals surface area contributed by atoms with Crippen LogP contribution in [0.2, 0.25) is 0 Å². The molecule has 0 aromatic heterocycles. The van der Waals surface area contributed by atoms with Crippen LogP contribution in [-0.4, -0.2) is 19.3 Å². The smallest absolute Gasteiger partial charge is 0.165 e. The van der Waals surface area contributed by atoms with E-state index in [1.165, 1.54) is 0 Å². The van der Waals surface area contributed by atoms with Crippen molar-refractivity contribution in [1.29, 1.82) is 0 Å². The maximum atomic E-state index is 9.70. The Bertz CT molecular complexity index is 596. The molecular formula is C16H19NO3. The third-order valence-corrected chi connectivity index (χ3v) is 3.18. The SMILES string of the molecule is COc1cccc(CNc2ccc(C)c(O)c2)c1OC. The van der Waals surface area contributed by atoms with Gasteiger partial charge in [0.1, 0.15) is 5.75 Å². The fourth-order valence-electron chi connectivity index (χ4n) is 2.01. The van der Waals surface area contributed by atoms with Crippen molar-refractivity contribution in [1.82, 2.24) is 0 Å². The molecule has 0 radical (unpaired) electrons. The van der Waals surface area contributed by atoms with Crippen molar-refractivity contribution >= 4 is 5.69 Å². The monoisotopic (exact) mass is 273 g/mol. The molecule has 2 aromatic carbocycles. The highest BCUT2D eigenvalue weighted by Crippen LogP contribution is 2.31. The molecule has 20 heavy (non-hydrogen) atoms. The van der Waals surface area contributed by atoms with E-state index in [2.05, 4.69) is 5.32 Å². The number of anilines is 1. The molecule has 0 unspecified atom stereocenters. The molecule has 0 heterocycles. The van der Waals surface area contributed by atoms with Gasteiger partial charge in [-0.15, -0.1) is 0 Å². The Morgan fingerprint density at radius 2 is 1.90 bits per heavy atom. The summed E-state index contributed by atoms with van der Waals surface area (Å²) in [6.07, 6.45) is 0. The van der Waals surface area contributed by atoms with Gasteiger partial charge in [0, 0.05) is 23.9 Å². The Balaban J connectivity index is 2.16. The standard InChI is InChI=1S/C16H19NO3/c1-11-7-8-13(9-14(11)18)17-10-12-5-4-6-15(19-2)16(12)20-3/h4-9,17-18H,10H2,1-3H3. The summed E-state index contributed by atoms with van der Waals surface area (Å²) in [6.45, 7) is 2.45. The number of rotatable bonds is 5. The van der Waals surface area contributed by atoms with Crippen LogP contribution in [-0.2, 0) is 6.54 Å². The number of benzene rings is 2. The largest absolute Gasteiger partial charge is 0.508 e. The number of nitrogens with one attached hydrogen (secondary N) is 1. The van der Waals surface area contributed by atoms with Crippen molar-refractivity contribution in [3.8, 4) is 17.2 Å². The first-order valence-corrected chi connectivity index (χ1v) is 6.39. The fourth-order valence-corrected chi connectivity index (χ4v) is 2.01. The van der Waals surface area contributed by atoms with E-state index < -0.39 is 0 Å². The lowest BCUT2D eigenvalue weighted by Gasteiger charge is -2.14. The first-order chi connectivity index (χ1) is 9.65. The van der Waals surface area contributed by atoms with Gasteiger partial charge in [-0.2, -0.15) is 0 Å². The fraction of sp³-hybridized carbons (Fsp3) is 0.250. The Hall–Kier alpha value is -2.36. The third kappa shape index (κ3) is 2.96. The summed E-state index contributed by atoms with van der Waals surface area (Å²) < 4.78 is 10.7. The molecule has 2 N–H and O–H groups in total. The van der Waals surface area contributed by atoms with Crippen LogP contribution in [0.15, 0.2) is 36.4 Å². The molecule has 0 saturated heterocycles. The van der Waals surface area contributed by atoms with E-state index in [-0.39, 0.29) is 5.75 Å². The van der Waals surface area contributed by atoms with Crippen molar-refractivity contribution in [2.45, 2.75) is 13.5 Å². The van der Waals surface area contributed by atoms with E-state index in [1.807, 2.05) is 37.3 Å². The number of methoxy groups -OCH3 is 2. The minimum Gasteiger partial charge on any atom is -0.508 e. The number of aryl methyl sites for hydroxylation is 1. The van der Waals surface area contributed by atoms with Crippen molar-refractivity contribution in [3.63, 3.8) is 0 Å². The van der Waals surface area contributed by atoms with E-state index in [4.69, 9.17) is 9.47 Å². The van der Waals surface area contributed by atoms with E-state index in [0.717, 1.165) is 22.6 Å². The number of hydrogen-bond acceptors (Lipinski definition) is 4. The molecule has 0 aliphatic heterocycles. The molecule has 0 aliphatic rings. The number of phenols is 1. The molecule has 0 spiro atoms. The maximum absolute atomic E-state index is 9.70. The number of aromatic hydroxyl groups is 1. The van der Waals surface area contributed by atoms with Gasteiger partial charge in [0.25, 0.3) is 0 Å². The van der Waals surface area contributed by atoms with Crippen molar-refractivity contribution in [2.24, 2.45) is 0 Å². The number of ether oxygens (including phenoxy) is 2. The lowest BCUT2D eigenvalue weighted by atomic mass is 10.1. The number of para-hydroxylation sites is 1. The van der Waals surface area contributed by atoms with Gasteiger partial charge >= 0.3 is 0 Å². The van der Waals surface area contributed by atoms with Gasteiger partial charge in [-0.3, -0.25) is 0 Å². The zero-order valence-corrected chi connectivity index (χ0v) is 11.9. The zero-order chi connectivity index (χ0) is 14.5. The summed E-state index contributed by atoms with van der Waals surface area (Å²) >= 11 is 0. The molecule has 0 aliphatic carbocycles. The lowest BCUT2D eigenvalue weighted by molar-refractivity contribution is 0.352. The molecule has 4 heteroatoms. The molecule has 106 valence electrons. The molecule has 2 aromatic rings. The lowest BCUT2D eigenvalue weighted by Crippen LogP contribution is -2.03. The molecule has 0 amide bonds. The molecule has 0 saturated carbocycles. The number of phenolic OH excluding ortho intramolecular Hbond substituents is 1. The van der Waals surface area contributed by atoms with Crippen LogP contribution < -0.4 is 14.8 Å². The van der Waals surface area contributed by atoms with Crippen LogP contribution in [0.1, 0.15) is 11.1 Å². The summed E-state index contributed by atoms with van der Waals surface area (Å²) in [4.78, 5) is 0. The van der Waals surface area contributed by atoms with Crippen LogP contribution in [0.4, 0.5) is 5.69 Å². The second kappa shape index (κ2) is 6.19. The Morgan fingerprint density at radius 1 is 1.10 bits per heavy atom. The molecule has 2 rings (SSSR count). The van der Waals surface area contributed by atoms with Crippen LogP contribution >= 0.6 is 0 Å². The van der Waals surface area contributed by atoms with Gasteiger partial charge in [-0.1, -0.05) is 18.2 Å². The van der Waals surface area contributed by atoms with Crippen LogP contribution in [0.5, 0.6) is 17.2 Å². The Kier molecular flexibility index (Phi) is 4.35. The second-order valence-electron chi connectivity index (χ2n) is 4.51. The highest BCUT2D eigenvalue weighted by molar-refractivity contribution is 5.53. The first-order valence-electron chi connectivity index (χ1n) is 6.39. The van der Waals surface area contributed by atoms with Crippen molar-refractivity contribution in [3.05, 3.63) is 47.5 Å². The molecule has 0 fully saturated rings. The predicted octanol–water partition coefficient (Wildman–Crippen LogP) is 3.33. The van der Waals surface area contributed by atoms with Crippen LogP contribution in [0.3, 0.4) is 0 Å². The van der Waals surface area contributed by atoms with Gasteiger partial charge < -0.3 is 19.9 Å². The molecule has 0 atom stereocenters. The van der Waals surface area contributed by atoms with Crippen molar-refractivity contribution in [2.75, 3.05) is 19.5 Å². The van der Waals surface area contributed by atoms with Crippen LogP contribution in [0, 0.1) is 6.92 Å². The van der Waals surface area contributed by atoms with E-state index in [0.29, 0.717) is 12.3 Å². The second-order valence-corrected chi connectivity index (χ2v) is 4.51. The molecule has 0 bridgehead atoms. The average molecular weight is 273 g/mol. The van der Waals surface area contributed by atoms with Gasteiger partial charge in [-0.05, 0) is 24.6 Å². The molecule has 4 nitrogen and oxygen atoms in total. The topological polar surface area (TPSA) is 50.7 Å². The summed E-state index contributed by atoms with van der Waals surface area (Å²) in [6, 6.07) is 11.3. The van der Waals surface area contributed by atoms with Gasteiger partial charge in [-0.25, -0.2) is 0 Å². The maximum Gasteiger partial charge on any atom is 0.165 e. The minimum atomic E-state index is 0.285. The van der Waals surface area contributed by atoms with E-state index in [9.17, 15) is 5.11 Å². The highest BCUT2D eigenvalue weighted by atomic mass is 16.5. The summed E-state index contributed by atoms with van der Waals surface area (Å²) in [5.74, 6) is 1.71. The normalized spacial score (nSPS) is 10.2. The van der Waals surface area contributed by atoms with E-state index >= 15 is 0 Å². The number of hydrogen-bond donors (Lipinski definition) is 2. The Morgan fingerprint density at radius 3 is 2.55 bits per heavy atom. The van der Waals surface area contributed by atoms with Gasteiger partial charge in [0.15, 0.2) is 11.5 Å². The summed E-state index contributed by atoms with van der Waals surface area (Å²) in [5, 5.41) is 13.0. The average Bonchev–Trinajstić information content (AvgIpc) is 2.47. The van der Waals surface area contributed by atoms with Crippen molar-refractivity contribution < 1.29 is 14.6 Å². The highest BCUT2D eigenvalue weighted by Gasteiger charge is 2.09. The van der Waals surface area contributed by atoms with Gasteiger partial charge in [0.05, 0.1) is 14.2 Å². The minimum absolute atomic E-state index is 0.285. The quantitative estimate of drug-likeness (QED) is 0.877. The van der Waals surface area contributed by atoms with Crippen LogP contribution in [0.25, 0.3) is 0 Å². The summed E-state index contributed by atoms with van der Waals surface area (Å²) in [5.41, 5.74) is 2.71. The third-order valence-electron chi connectivity index (χ3n) is 3.18. The van der Waals surface area contributed by atoms with E-state index in [1.54, 1.807) is 20.3 Å². The Labute approximate surface area is 119 Å².